The Balaban J connectivity index is 0.000000148. The van der Waals surface area contributed by atoms with Crippen LogP contribution in [-0.2, 0) is 154 Å². The maximum Gasteiger partial charge on any atom is 0.397 e. The Kier molecular flexibility index (Phi) is 34.1. The molecule has 2 fully saturated rings. The van der Waals surface area contributed by atoms with Gasteiger partial charge in [-0.05, 0) is 193 Å². The van der Waals surface area contributed by atoms with Gasteiger partial charge in [-0.1, -0.05) is 168 Å². The van der Waals surface area contributed by atoms with Gasteiger partial charge in [0.1, 0.15) is 4.90 Å². The van der Waals surface area contributed by atoms with E-state index in [-0.39, 0.29) is 115 Å². The maximum atomic E-state index is 12.7. The smallest absolute Gasteiger partial charge is 0.367 e. The molecule has 8 aromatic carbocycles. The van der Waals surface area contributed by atoms with Crippen LogP contribution in [0, 0.1) is 30.6 Å². The number of sulfonamides is 6. The molecule has 3 aliphatic carbocycles. The topological polar surface area (TPSA) is 452 Å². The number of aryl methyl sites for hydroxylation is 1. The Labute approximate surface area is 836 Å². The second-order valence-electron chi connectivity index (χ2n) is 34.5. The maximum absolute atomic E-state index is 12.7. The molecule has 29 nitrogen and oxygen atoms in total. The zero-order valence-corrected chi connectivity index (χ0v) is 89.2. The number of anilines is 1. The molecule has 0 spiro atoms. The summed E-state index contributed by atoms with van der Waals surface area (Å²) < 4.78 is 320. The van der Waals surface area contributed by atoms with Crippen molar-refractivity contribution in [3.05, 3.63) is 220 Å². The predicted molar refractivity (Wildman–Crippen MR) is 529 cm³/mol. The fraction of sp³-hybridized carbons (Fsp3) is 0.395. The highest BCUT2D eigenvalue weighted by molar-refractivity contribution is 7.99. The Morgan fingerprint density at radius 2 is 0.912 bits per heavy atom. The number of fused-ring (bicyclic) bond motifs is 8. The highest BCUT2D eigenvalue weighted by Gasteiger charge is 2.46. The second kappa shape index (κ2) is 42.5. The summed E-state index contributed by atoms with van der Waals surface area (Å²) in [5.41, 5.74) is 6.99. The molecule has 137 heavy (non-hydrogen) atoms. The van der Waals surface area contributed by atoms with Crippen molar-refractivity contribution in [2.75, 3.05) is 60.9 Å². The molecule has 2 bridgehead atoms. The Morgan fingerprint density at radius 3 is 1.42 bits per heavy atom. The van der Waals surface area contributed by atoms with E-state index in [4.69, 9.17) is 69.6 Å². The van der Waals surface area contributed by atoms with Crippen LogP contribution < -0.4 is 19.5 Å². The molecule has 17 rings (SSSR count). The fourth-order valence-corrected chi connectivity index (χ4v) is 35.3. The molecule has 4 N–H and O–H groups in total. The Hall–Kier alpha value is -5.84. The van der Waals surface area contributed by atoms with Crippen molar-refractivity contribution in [1.29, 1.82) is 0 Å². The Morgan fingerprint density at radius 1 is 0.467 bits per heavy atom. The molecule has 0 amide bonds. The fourth-order valence-electron chi connectivity index (χ4n) is 17.3. The molecule has 0 aromatic heterocycles. The molecule has 7 atom stereocenters. The minimum atomic E-state index is -4.33. The summed E-state index contributed by atoms with van der Waals surface area (Å²) in [7, 11) is -39.6. The molecule has 51 heteroatoms. The van der Waals surface area contributed by atoms with Crippen molar-refractivity contribution in [3.63, 3.8) is 0 Å². The molecule has 0 saturated heterocycles. The number of thioether (sulfide) groups is 2. The average Bonchev–Trinajstić information content (AvgIpc) is 1.09. The van der Waals surface area contributed by atoms with Crippen LogP contribution in [0.15, 0.2) is 208 Å². The van der Waals surface area contributed by atoms with E-state index < -0.39 is 133 Å². The standard InChI is InChI=1S/C17H16ClNO4S3.C16H18ClNO4S2.C15H15ClN2O4S2.C15H20ClNO4S2.C13H15ClF3NO4S3.C10H10ClNO2S/c1-25(20,21)17-9-16-13(8-15(17)18)7-14(19-26(16,22)23)11-24-10-12-5-3-2-4-6-12;1-23(19,20)16-8-15-11(6-13(16)17)7-14(18-24(15,21)22)12-5-9-2-3-10(12)4-9;1-23(19,20)13-9-14-12(8-11(13)16)17-15(18-24(14,21)22)7-10-5-3-2-4-6-10;1-22(18,19)15-9-14-11(8-13(15)16)7-12(17-23(14,20)21)6-10-4-2-3-5-10;1-18-9(6-23-7-13(15,16)17)3-8-4-10(14)12(24(2,19)20)5-11(8)25(18,21)22;1-6-3-10-8(5-9(6)11)4-7(2)12-15(10,13)14/h2-6,8-9H,7,10-11H2,1H3;2-3,6,8-10,12,14,18H,4-5,7H2,1H3;2-6,8-9,15,17-18H,7H2,1H3;8-10,12,17H,2-7H2,1H3;4-5,9H,3,6-7H2,1-2H3;3,5H,4H2,1-2H3/t;;15-;;;/m..0.../s1. The molecule has 6 heterocycles. The monoisotopic (exact) mass is 2260 g/mol. The number of hydrogen-bond acceptors (Lipinski definition) is 25. The van der Waals surface area contributed by atoms with Gasteiger partial charge < -0.3 is 5.32 Å². The summed E-state index contributed by atoms with van der Waals surface area (Å²) in [6.07, 6.45) is 14.7. The zero-order chi connectivity index (χ0) is 101. The van der Waals surface area contributed by atoms with E-state index in [0.717, 1.165) is 114 Å². The molecule has 9 aliphatic rings. The number of rotatable bonds is 17. The summed E-state index contributed by atoms with van der Waals surface area (Å²) >= 11 is 38.3. The number of hydrogen-bond donors (Lipinski definition) is 4. The molecule has 746 valence electrons. The normalized spacial score (nSPS) is 22.3. The first-order chi connectivity index (χ1) is 63.3. The van der Waals surface area contributed by atoms with Crippen molar-refractivity contribution in [2.24, 2.45) is 32.5 Å². The summed E-state index contributed by atoms with van der Waals surface area (Å²) in [6, 6.07) is 34.2. The highest BCUT2D eigenvalue weighted by Crippen LogP contribution is 2.48. The quantitative estimate of drug-likeness (QED) is 0.0615. The van der Waals surface area contributed by atoms with Crippen LogP contribution >= 0.6 is 93.1 Å². The third-order valence-electron chi connectivity index (χ3n) is 23.6. The number of halogens is 9. The second-order valence-corrected chi connectivity index (χ2v) is 59.0. The van der Waals surface area contributed by atoms with E-state index in [1.807, 2.05) is 60.7 Å². The number of nitrogens with zero attached hydrogens (tertiary/aromatic N) is 3. The lowest BCUT2D eigenvalue weighted by Gasteiger charge is -2.33. The first kappa shape index (κ1) is 110. The van der Waals surface area contributed by atoms with Crippen LogP contribution in [0.1, 0.15) is 96.4 Å². The highest BCUT2D eigenvalue weighted by atomic mass is 35.5. The first-order valence-electron chi connectivity index (χ1n) is 41.6. The molecule has 6 aliphatic heterocycles. The van der Waals surface area contributed by atoms with Crippen LogP contribution in [-0.4, -0.2) is 194 Å². The largest absolute Gasteiger partial charge is 0.397 e. The van der Waals surface area contributed by atoms with Gasteiger partial charge in [-0.25, -0.2) is 85.2 Å². The van der Waals surface area contributed by atoms with Crippen molar-refractivity contribution >= 4 is 220 Å². The van der Waals surface area contributed by atoms with Gasteiger partial charge in [-0.2, -0.15) is 71.4 Å². The summed E-state index contributed by atoms with van der Waals surface area (Å²) in [4.78, 5) is -1.04. The van der Waals surface area contributed by atoms with Gasteiger partial charge in [0.25, 0.3) is 20.0 Å². The first-order valence-corrected chi connectivity index (χ1v) is 64.4. The number of nitrogens with one attached hydrogen (secondary N) is 4. The SMILES string of the molecule is CC1=NS(=O)(=O)c2cc(C)c(Cl)cc2C1.CN1C(CSCC(F)(F)F)Cc2cc(Cl)c(S(C)(=O)=O)cc2S1(=O)=O.CS(=O)(=O)c1cc2c(cc1Cl)CC(C1CC3C=CC1C3)NS2(=O)=O.CS(=O)(=O)c1cc2c(cc1Cl)CC(CC1CCCC1)NS2(=O)=O.CS(=O)(=O)c1cc2c(cc1Cl)CC(CSCc1ccccc1)=NS2(=O)=O.CS(=O)(=O)c1cc2c(cc1Cl)N[C@H](Cc1ccccc1)NS2(=O)=O. The van der Waals surface area contributed by atoms with Crippen molar-refractivity contribution in [2.45, 2.75) is 187 Å². The van der Waals surface area contributed by atoms with Crippen molar-refractivity contribution in [1.82, 2.24) is 18.5 Å². The lowest BCUT2D eigenvalue weighted by atomic mass is 9.84. The lowest BCUT2D eigenvalue weighted by molar-refractivity contribution is -0.105. The van der Waals surface area contributed by atoms with Gasteiger partial charge in [0.05, 0.1) is 91.7 Å². The average molecular weight is 2260 g/mol. The van der Waals surface area contributed by atoms with Gasteiger partial charge in [0.15, 0.2) is 49.2 Å². The van der Waals surface area contributed by atoms with E-state index >= 15 is 0 Å². The van der Waals surface area contributed by atoms with Crippen LogP contribution in [0.5, 0.6) is 0 Å². The zero-order valence-electron chi connectivity index (χ0n) is 74.0. The summed E-state index contributed by atoms with van der Waals surface area (Å²) in [5, 5.41) is 3.72. The van der Waals surface area contributed by atoms with Gasteiger partial charge in [0.2, 0.25) is 40.1 Å². The number of alkyl halides is 3. The minimum absolute atomic E-state index is 0.0145. The minimum Gasteiger partial charge on any atom is -0.367 e. The van der Waals surface area contributed by atoms with Crippen LogP contribution in [0.2, 0.25) is 30.1 Å². The van der Waals surface area contributed by atoms with E-state index in [1.165, 1.54) is 62.4 Å². The van der Waals surface area contributed by atoms with Crippen molar-refractivity contribution < 1.29 is 106 Å². The van der Waals surface area contributed by atoms with E-state index in [2.05, 4.69) is 40.4 Å². The van der Waals surface area contributed by atoms with Gasteiger partial charge >= 0.3 is 6.18 Å². The van der Waals surface area contributed by atoms with Gasteiger partial charge in [-0.3, -0.25) is 0 Å². The molecule has 6 unspecified atom stereocenters. The third kappa shape index (κ3) is 27.2. The van der Waals surface area contributed by atoms with E-state index in [9.17, 15) is 106 Å². The van der Waals surface area contributed by atoms with E-state index in [1.54, 1.807) is 37.7 Å². The third-order valence-corrected chi connectivity index (χ3v) is 43.6. The van der Waals surface area contributed by atoms with Crippen LogP contribution in [0.4, 0.5) is 18.9 Å². The molecular weight excluding hydrogens is 2170 g/mol. The summed E-state index contributed by atoms with van der Waals surface area (Å²) in [5.74, 6) is 1.95. The van der Waals surface area contributed by atoms with Crippen LogP contribution in [0.3, 0.4) is 0 Å². The van der Waals surface area contributed by atoms with Crippen molar-refractivity contribution in [3.8, 4) is 0 Å². The van der Waals surface area contributed by atoms with Crippen LogP contribution in [0.25, 0.3) is 0 Å². The Bertz CT molecular complexity index is 7590. The number of allylic oxidation sites excluding steroid dienone is 2. The molecule has 0 radical (unpaired) electrons. The predicted octanol–water partition coefficient (Wildman–Crippen LogP) is 15.0. The van der Waals surface area contributed by atoms with Gasteiger partial charge in [-0.15, -0.1) is 0 Å². The van der Waals surface area contributed by atoms with E-state index in [0.29, 0.717) is 106 Å². The lowest BCUT2D eigenvalue weighted by Crippen LogP contribution is -2.46. The number of sulfone groups is 5. The summed E-state index contributed by atoms with van der Waals surface area (Å²) in [6.45, 7) is 3.48. The molecular formula is C86H94Cl6F3N7O22S13. The molecule has 2 saturated carbocycles. The van der Waals surface area contributed by atoms with Gasteiger partial charge in [0, 0.05) is 109 Å². The number of likely N-dealkylation sites (N-methyl/N-ethyl adjacent to an activating group) is 1. The molecule has 8 aromatic rings. The number of benzene rings is 8.